The van der Waals surface area contributed by atoms with Crippen LogP contribution in [0.15, 0.2) is 18.2 Å². The number of hydrogen-bond donors (Lipinski definition) is 3. The molecule has 1 aliphatic rings. The summed E-state index contributed by atoms with van der Waals surface area (Å²) in [5.41, 5.74) is 0.372. The fourth-order valence-corrected chi connectivity index (χ4v) is 2.15. The molecule has 7 heteroatoms. The number of carbonyl (C=O) groups is 2. The number of carbonyl (C=O) groups excluding carboxylic acids is 1. The number of morpholine rings is 1. The van der Waals surface area contributed by atoms with Gasteiger partial charge in [-0.2, -0.15) is 0 Å². The molecule has 1 aromatic carbocycles. The summed E-state index contributed by atoms with van der Waals surface area (Å²) < 4.78 is 5.26. The first-order valence-corrected chi connectivity index (χ1v) is 6.58. The third kappa shape index (κ3) is 3.93. The van der Waals surface area contributed by atoms with Crippen LogP contribution in [0, 0.1) is 0 Å². The van der Waals surface area contributed by atoms with Crippen molar-refractivity contribution in [1.82, 2.24) is 5.32 Å². The third-order valence-corrected chi connectivity index (χ3v) is 3.24. The molecule has 0 spiro atoms. The second-order valence-corrected chi connectivity index (χ2v) is 4.89. The van der Waals surface area contributed by atoms with Crippen molar-refractivity contribution in [2.24, 2.45) is 0 Å². The zero-order chi connectivity index (χ0) is 14.5. The highest BCUT2D eigenvalue weighted by atomic mass is 35.5. The molecule has 1 fully saturated rings. The van der Waals surface area contributed by atoms with E-state index in [0.717, 1.165) is 6.54 Å². The molecule has 20 heavy (non-hydrogen) atoms. The molecule has 1 unspecified atom stereocenters. The molecule has 1 saturated heterocycles. The third-order valence-electron chi connectivity index (χ3n) is 2.91. The summed E-state index contributed by atoms with van der Waals surface area (Å²) in [5.74, 6) is -1.33. The van der Waals surface area contributed by atoms with Gasteiger partial charge in [-0.05, 0) is 18.2 Å². The monoisotopic (exact) mass is 298 g/mol. The number of halogens is 1. The predicted molar refractivity (Wildman–Crippen MR) is 74.3 cm³/mol. The van der Waals surface area contributed by atoms with E-state index in [-0.39, 0.29) is 29.0 Å². The van der Waals surface area contributed by atoms with Crippen molar-refractivity contribution in [2.75, 3.05) is 25.1 Å². The number of anilines is 1. The Morgan fingerprint density at radius 1 is 1.50 bits per heavy atom. The van der Waals surface area contributed by atoms with Crippen LogP contribution >= 0.6 is 11.6 Å². The van der Waals surface area contributed by atoms with E-state index in [1.165, 1.54) is 12.1 Å². The maximum atomic E-state index is 11.9. The molecule has 1 heterocycles. The second-order valence-electron chi connectivity index (χ2n) is 4.48. The van der Waals surface area contributed by atoms with E-state index in [1.54, 1.807) is 6.07 Å². The molecule has 1 amide bonds. The molecule has 1 aromatic rings. The molecular weight excluding hydrogens is 284 g/mol. The zero-order valence-corrected chi connectivity index (χ0v) is 11.4. The Morgan fingerprint density at radius 2 is 2.30 bits per heavy atom. The molecule has 1 atom stereocenters. The minimum Gasteiger partial charge on any atom is -0.478 e. The minimum absolute atomic E-state index is 0.0185. The van der Waals surface area contributed by atoms with Gasteiger partial charge in [-0.15, -0.1) is 0 Å². The zero-order valence-electron chi connectivity index (χ0n) is 10.7. The highest BCUT2D eigenvalue weighted by Crippen LogP contribution is 2.20. The Balaban J connectivity index is 1.96. The SMILES string of the molecule is O=C(CC1COCCN1)Nc1ccc(Cl)c(C(=O)O)c1. The lowest BCUT2D eigenvalue weighted by molar-refractivity contribution is -0.117. The minimum atomic E-state index is -1.13. The first-order valence-electron chi connectivity index (χ1n) is 6.20. The van der Waals surface area contributed by atoms with Crippen molar-refractivity contribution < 1.29 is 19.4 Å². The van der Waals surface area contributed by atoms with Gasteiger partial charge in [-0.25, -0.2) is 4.79 Å². The van der Waals surface area contributed by atoms with Gasteiger partial charge in [0.15, 0.2) is 0 Å². The maximum Gasteiger partial charge on any atom is 0.337 e. The average molecular weight is 299 g/mol. The topological polar surface area (TPSA) is 87.7 Å². The Morgan fingerprint density at radius 3 is 2.95 bits per heavy atom. The number of carboxylic acids is 1. The van der Waals surface area contributed by atoms with Gasteiger partial charge in [0.25, 0.3) is 0 Å². The standard InChI is InChI=1S/C13H15ClN2O4/c14-11-2-1-8(5-10(11)13(18)19)16-12(17)6-9-7-20-4-3-15-9/h1-2,5,9,15H,3-4,6-7H2,(H,16,17)(H,18,19). The summed E-state index contributed by atoms with van der Waals surface area (Å²) >= 11 is 5.76. The van der Waals surface area contributed by atoms with E-state index < -0.39 is 5.97 Å². The van der Waals surface area contributed by atoms with Crippen LogP contribution in [-0.4, -0.2) is 42.8 Å². The van der Waals surface area contributed by atoms with Crippen LogP contribution in [0.25, 0.3) is 0 Å². The number of amides is 1. The van der Waals surface area contributed by atoms with Crippen LogP contribution in [0.1, 0.15) is 16.8 Å². The van der Waals surface area contributed by atoms with Crippen LogP contribution in [0.2, 0.25) is 5.02 Å². The fraction of sp³-hybridized carbons (Fsp3) is 0.385. The molecule has 3 N–H and O–H groups in total. The highest BCUT2D eigenvalue weighted by Gasteiger charge is 2.17. The summed E-state index contributed by atoms with van der Waals surface area (Å²) in [6.45, 7) is 1.87. The Kier molecular flexibility index (Phi) is 4.94. The van der Waals surface area contributed by atoms with Gasteiger partial charge >= 0.3 is 5.97 Å². The van der Waals surface area contributed by atoms with Gasteiger partial charge in [-0.1, -0.05) is 11.6 Å². The van der Waals surface area contributed by atoms with Gasteiger partial charge in [0.1, 0.15) is 0 Å². The smallest absolute Gasteiger partial charge is 0.337 e. The van der Waals surface area contributed by atoms with Crippen LogP contribution in [0.5, 0.6) is 0 Å². The lowest BCUT2D eigenvalue weighted by Crippen LogP contribution is -2.43. The quantitative estimate of drug-likeness (QED) is 0.781. The van der Waals surface area contributed by atoms with Crippen LogP contribution in [0.3, 0.4) is 0 Å². The number of ether oxygens (including phenoxy) is 1. The molecule has 108 valence electrons. The lowest BCUT2D eigenvalue weighted by atomic mass is 10.1. The second kappa shape index (κ2) is 6.69. The van der Waals surface area contributed by atoms with Crippen LogP contribution in [-0.2, 0) is 9.53 Å². The van der Waals surface area contributed by atoms with E-state index in [4.69, 9.17) is 21.4 Å². The van der Waals surface area contributed by atoms with Crippen molar-refractivity contribution in [3.05, 3.63) is 28.8 Å². The van der Waals surface area contributed by atoms with Gasteiger partial charge in [0.05, 0.1) is 23.8 Å². The molecule has 2 rings (SSSR count). The molecule has 0 aromatic heterocycles. The van der Waals surface area contributed by atoms with Gasteiger partial charge in [0, 0.05) is 24.7 Å². The van der Waals surface area contributed by atoms with Crippen LogP contribution < -0.4 is 10.6 Å². The van der Waals surface area contributed by atoms with E-state index >= 15 is 0 Å². The van der Waals surface area contributed by atoms with E-state index in [0.29, 0.717) is 18.9 Å². The van der Waals surface area contributed by atoms with Gasteiger partial charge in [-0.3, -0.25) is 4.79 Å². The Bertz CT molecular complexity index is 515. The Hall–Kier alpha value is -1.63. The van der Waals surface area contributed by atoms with Crippen molar-refractivity contribution >= 4 is 29.2 Å². The lowest BCUT2D eigenvalue weighted by Gasteiger charge is -2.23. The van der Waals surface area contributed by atoms with Crippen LogP contribution in [0.4, 0.5) is 5.69 Å². The van der Waals surface area contributed by atoms with Gasteiger partial charge < -0.3 is 20.5 Å². The molecule has 0 radical (unpaired) electrons. The largest absolute Gasteiger partial charge is 0.478 e. The summed E-state index contributed by atoms with van der Waals surface area (Å²) in [7, 11) is 0. The maximum absolute atomic E-state index is 11.9. The number of aromatic carboxylic acids is 1. The molecule has 6 nitrogen and oxygen atoms in total. The first-order chi connectivity index (χ1) is 9.56. The first kappa shape index (κ1) is 14.8. The molecule has 0 aliphatic carbocycles. The summed E-state index contributed by atoms with van der Waals surface area (Å²) in [6, 6.07) is 4.34. The van der Waals surface area contributed by atoms with Gasteiger partial charge in [0.2, 0.25) is 5.91 Å². The molecule has 1 aliphatic heterocycles. The number of nitrogens with one attached hydrogen (secondary N) is 2. The normalized spacial score (nSPS) is 18.6. The number of carboxylic acid groups (broad SMARTS) is 1. The average Bonchev–Trinajstić information content (AvgIpc) is 2.41. The van der Waals surface area contributed by atoms with Crippen molar-refractivity contribution in [3.63, 3.8) is 0 Å². The summed E-state index contributed by atoms with van der Waals surface area (Å²) in [4.78, 5) is 22.8. The van der Waals surface area contributed by atoms with Crippen molar-refractivity contribution in [1.29, 1.82) is 0 Å². The molecule has 0 bridgehead atoms. The van der Waals surface area contributed by atoms with E-state index in [2.05, 4.69) is 10.6 Å². The van der Waals surface area contributed by atoms with E-state index in [1.807, 2.05) is 0 Å². The number of rotatable bonds is 4. The molecule has 0 saturated carbocycles. The Labute approximate surface area is 121 Å². The summed E-state index contributed by atoms with van der Waals surface area (Å²) in [5, 5.41) is 14.9. The predicted octanol–water partition coefficient (Wildman–Crippen LogP) is 1.36. The molecular formula is C13H15ClN2O4. The fourth-order valence-electron chi connectivity index (χ4n) is 1.95. The van der Waals surface area contributed by atoms with E-state index in [9.17, 15) is 9.59 Å². The number of hydrogen-bond acceptors (Lipinski definition) is 4. The van der Waals surface area contributed by atoms with Crippen molar-refractivity contribution in [2.45, 2.75) is 12.5 Å². The van der Waals surface area contributed by atoms with Crippen molar-refractivity contribution in [3.8, 4) is 0 Å². The summed E-state index contributed by atoms with van der Waals surface area (Å²) in [6.07, 6.45) is 0.269. The number of benzene rings is 1. The highest BCUT2D eigenvalue weighted by molar-refractivity contribution is 6.33.